The van der Waals surface area contributed by atoms with E-state index >= 15 is 0 Å². The molecule has 0 radical (unpaired) electrons. The number of sulfonamides is 1. The molecule has 0 spiro atoms. The standard InChI is InChI=1S/C25H22N4O6S3/c1-15-8-11-20(36-15)23-24(30)22(25(31)29(27-23)13-16-6-4-3-5-7-16)19-14-38(34,35)21-12-17(28-37(2,32)33)9-10-18(21)26-19/h3-12,14,26,28,30H,13H2,1-2H3. The number of aryl methyl sites for hydroxylation is 1. The van der Waals surface area contributed by atoms with Crippen molar-refractivity contribution in [3.8, 4) is 16.3 Å². The summed E-state index contributed by atoms with van der Waals surface area (Å²) >= 11 is 1.37. The lowest BCUT2D eigenvalue weighted by molar-refractivity contribution is 0.463. The zero-order valence-corrected chi connectivity index (χ0v) is 22.6. The fourth-order valence-corrected chi connectivity index (χ4v) is 6.79. The van der Waals surface area contributed by atoms with Gasteiger partial charge in [-0.25, -0.2) is 21.5 Å². The Balaban J connectivity index is 1.67. The van der Waals surface area contributed by atoms with Gasteiger partial charge in [-0.3, -0.25) is 9.52 Å². The average Bonchev–Trinajstić information content (AvgIpc) is 3.26. The molecular weight excluding hydrogens is 548 g/mol. The highest BCUT2D eigenvalue weighted by Crippen LogP contribution is 2.40. The van der Waals surface area contributed by atoms with Crippen LogP contribution in [0.25, 0.3) is 16.3 Å². The molecule has 10 nitrogen and oxygen atoms in total. The lowest BCUT2D eigenvalue weighted by Gasteiger charge is -2.22. The summed E-state index contributed by atoms with van der Waals surface area (Å²) in [6, 6.07) is 16.8. The Labute approximate surface area is 222 Å². The van der Waals surface area contributed by atoms with Crippen LogP contribution in [0.1, 0.15) is 16.0 Å². The third-order valence-electron chi connectivity index (χ3n) is 5.68. The van der Waals surface area contributed by atoms with Crippen LogP contribution in [0.4, 0.5) is 11.4 Å². The topological polar surface area (TPSA) is 147 Å². The van der Waals surface area contributed by atoms with Crippen LogP contribution >= 0.6 is 11.3 Å². The minimum atomic E-state index is -4.13. The quantitative estimate of drug-likeness (QED) is 0.319. The summed E-state index contributed by atoms with van der Waals surface area (Å²) < 4.78 is 53.1. The number of hydrogen-bond acceptors (Lipinski definition) is 9. The third-order valence-corrected chi connectivity index (χ3v) is 8.79. The predicted molar refractivity (Wildman–Crippen MR) is 147 cm³/mol. The second-order valence-corrected chi connectivity index (χ2v) is 13.5. The van der Waals surface area contributed by atoms with E-state index in [4.69, 9.17) is 0 Å². The smallest absolute Gasteiger partial charge is 0.280 e. The van der Waals surface area contributed by atoms with Crippen LogP contribution in [0, 0.1) is 6.92 Å². The van der Waals surface area contributed by atoms with Gasteiger partial charge >= 0.3 is 0 Å². The normalized spacial score (nSPS) is 14.3. The van der Waals surface area contributed by atoms with Gasteiger partial charge in [0.05, 0.1) is 39.4 Å². The van der Waals surface area contributed by atoms with E-state index in [1.165, 1.54) is 34.2 Å². The molecule has 0 fully saturated rings. The molecule has 0 bridgehead atoms. The Kier molecular flexibility index (Phi) is 6.37. The molecule has 0 aliphatic carbocycles. The van der Waals surface area contributed by atoms with E-state index in [2.05, 4.69) is 15.1 Å². The van der Waals surface area contributed by atoms with Crippen LogP contribution in [0.3, 0.4) is 0 Å². The second-order valence-electron chi connectivity index (χ2n) is 8.72. The SMILES string of the molecule is Cc1ccc(-c2nn(Cc3ccccc3)c(=O)c(C3=CS(=O)(=O)c4cc(NS(C)(=O)=O)ccc4N3)c2O)s1. The Hall–Kier alpha value is -3.94. The molecule has 0 atom stereocenters. The fourth-order valence-electron chi connectivity index (χ4n) is 4.05. The zero-order chi connectivity index (χ0) is 27.2. The van der Waals surface area contributed by atoms with Crippen LogP contribution in [0.2, 0.25) is 0 Å². The van der Waals surface area contributed by atoms with Crippen LogP contribution < -0.4 is 15.6 Å². The maximum atomic E-state index is 13.6. The molecule has 0 saturated heterocycles. The van der Waals surface area contributed by atoms with E-state index in [9.17, 15) is 26.7 Å². The van der Waals surface area contributed by atoms with E-state index < -0.39 is 31.2 Å². The molecule has 5 rings (SSSR count). The number of nitrogens with zero attached hydrogens (tertiary/aromatic N) is 2. The summed E-state index contributed by atoms with van der Waals surface area (Å²) in [6.07, 6.45) is 0.955. The van der Waals surface area contributed by atoms with Crippen molar-refractivity contribution in [1.29, 1.82) is 0 Å². The largest absolute Gasteiger partial charge is 0.505 e. The van der Waals surface area contributed by atoms with E-state index in [1.54, 1.807) is 6.07 Å². The van der Waals surface area contributed by atoms with Crippen LogP contribution in [-0.4, -0.2) is 38.0 Å². The number of anilines is 2. The Morgan fingerprint density at radius 2 is 1.84 bits per heavy atom. The van der Waals surface area contributed by atoms with Gasteiger partial charge in [0.1, 0.15) is 11.3 Å². The third kappa shape index (κ3) is 5.08. The molecule has 0 unspecified atom stereocenters. The van der Waals surface area contributed by atoms with Crippen LogP contribution in [-0.2, 0) is 26.4 Å². The Bertz CT molecular complexity index is 1880. The first kappa shape index (κ1) is 25.7. The fraction of sp³-hybridized carbons (Fsp3) is 0.120. The molecule has 4 aromatic rings. The number of nitrogens with one attached hydrogen (secondary N) is 2. The molecule has 0 amide bonds. The summed E-state index contributed by atoms with van der Waals surface area (Å²) in [5.41, 5.74) is 0.0816. The average molecular weight is 571 g/mol. The summed E-state index contributed by atoms with van der Waals surface area (Å²) in [4.78, 5) is 15.0. The number of aromatic nitrogens is 2. The lowest BCUT2D eigenvalue weighted by atomic mass is 10.1. The summed E-state index contributed by atoms with van der Waals surface area (Å²) in [5, 5.41) is 19.4. The molecule has 1 aliphatic heterocycles. The van der Waals surface area contributed by atoms with Crippen molar-refractivity contribution in [1.82, 2.24) is 9.78 Å². The van der Waals surface area contributed by atoms with Gasteiger partial charge in [-0.15, -0.1) is 11.3 Å². The van der Waals surface area contributed by atoms with Gasteiger partial charge in [0.15, 0.2) is 5.75 Å². The number of fused-ring (bicyclic) bond motifs is 1. The molecule has 38 heavy (non-hydrogen) atoms. The maximum Gasteiger partial charge on any atom is 0.280 e. The predicted octanol–water partition coefficient (Wildman–Crippen LogP) is 3.60. The van der Waals surface area contributed by atoms with E-state index in [-0.39, 0.29) is 39.8 Å². The van der Waals surface area contributed by atoms with Gasteiger partial charge in [0, 0.05) is 10.6 Å². The molecule has 2 aromatic heterocycles. The monoisotopic (exact) mass is 570 g/mol. The molecule has 3 heterocycles. The zero-order valence-electron chi connectivity index (χ0n) is 20.2. The summed E-state index contributed by atoms with van der Waals surface area (Å²) in [6.45, 7) is 2.00. The van der Waals surface area contributed by atoms with Crippen molar-refractivity contribution in [2.75, 3.05) is 16.3 Å². The summed E-state index contributed by atoms with van der Waals surface area (Å²) in [7, 11) is -7.76. The van der Waals surface area contributed by atoms with Gasteiger partial charge < -0.3 is 10.4 Å². The number of hydrogen-bond donors (Lipinski definition) is 3. The molecule has 2 aromatic carbocycles. The van der Waals surface area contributed by atoms with Crippen molar-refractivity contribution in [2.45, 2.75) is 18.4 Å². The Morgan fingerprint density at radius 3 is 2.50 bits per heavy atom. The van der Waals surface area contributed by atoms with Crippen LogP contribution in [0.15, 0.2) is 75.8 Å². The van der Waals surface area contributed by atoms with E-state index in [0.29, 0.717) is 4.88 Å². The highest BCUT2D eigenvalue weighted by Gasteiger charge is 2.30. The number of benzene rings is 2. The van der Waals surface area contributed by atoms with Crippen molar-refractivity contribution in [2.24, 2.45) is 0 Å². The number of aromatic hydroxyl groups is 1. The van der Waals surface area contributed by atoms with Crippen molar-refractivity contribution in [3.05, 3.63) is 92.4 Å². The maximum absolute atomic E-state index is 13.6. The Morgan fingerprint density at radius 1 is 1.11 bits per heavy atom. The molecule has 0 saturated carbocycles. The molecule has 196 valence electrons. The highest BCUT2D eigenvalue weighted by atomic mass is 32.2. The minimum Gasteiger partial charge on any atom is -0.505 e. The first-order valence-corrected chi connectivity index (χ1v) is 15.5. The van der Waals surface area contributed by atoms with Gasteiger partial charge in [-0.05, 0) is 42.8 Å². The summed E-state index contributed by atoms with van der Waals surface area (Å²) in [5.74, 6) is -0.450. The molecule has 3 N–H and O–H groups in total. The van der Waals surface area contributed by atoms with Crippen molar-refractivity contribution >= 4 is 48.3 Å². The van der Waals surface area contributed by atoms with Crippen molar-refractivity contribution in [3.63, 3.8) is 0 Å². The second kappa shape index (κ2) is 9.42. The molecular formula is C25H22N4O6S3. The minimum absolute atomic E-state index is 0.0702. The highest BCUT2D eigenvalue weighted by molar-refractivity contribution is 7.94. The first-order valence-electron chi connectivity index (χ1n) is 11.2. The number of rotatable bonds is 6. The van der Waals surface area contributed by atoms with E-state index in [1.807, 2.05) is 43.3 Å². The number of sulfone groups is 1. The van der Waals surface area contributed by atoms with E-state index in [0.717, 1.165) is 22.1 Å². The van der Waals surface area contributed by atoms with Crippen molar-refractivity contribution < 1.29 is 21.9 Å². The van der Waals surface area contributed by atoms with Gasteiger partial charge in [0.2, 0.25) is 19.9 Å². The number of thiophene rings is 1. The lowest BCUT2D eigenvalue weighted by Crippen LogP contribution is -2.29. The first-order chi connectivity index (χ1) is 17.9. The molecule has 1 aliphatic rings. The molecule has 13 heteroatoms. The van der Waals surface area contributed by atoms with Gasteiger partial charge in [-0.2, -0.15) is 5.10 Å². The van der Waals surface area contributed by atoms with Crippen LogP contribution in [0.5, 0.6) is 5.75 Å². The van der Waals surface area contributed by atoms with Gasteiger partial charge in [0.25, 0.3) is 5.56 Å². The van der Waals surface area contributed by atoms with Gasteiger partial charge in [-0.1, -0.05) is 30.3 Å².